The lowest BCUT2D eigenvalue weighted by molar-refractivity contribution is -0.432. The lowest BCUT2D eigenvalue weighted by Crippen LogP contribution is -2.02. The van der Waals surface area contributed by atoms with Crippen molar-refractivity contribution in [3.05, 3.63) is 71.8 Å². The van der Waals surface area contributed by atoms with Crippen molar-refractivity contribution >= 4 is 22.2 Å². The molecule has 0 aliphatic rings. The molecule has 0 saturated carbocycles. The van der Waals surface area contributed by atoms with Gasteiger partial charge in [0.25, 0.3) is 10.1 Å². The van der Waals surface area contributed by atoms with Gasteiger partial charge in [-0.1, -0.05) is 64.7 Å². The molecule has 8 heteroatoms. The van der Waals surface area contributed by atoms with E-state index in [1.165, 1.54) is 6.07 Å². The van der Waals surface area contributed by atoms with Gasteiger partial charge in [-0.15, -0.1) is 4.33 Å². The number of hydrogen-bond donors (Lipinski definition) is 2. The Balaban J connectivity index is 2.28. The second kappa shape index (κ2) is 8.44. The van der Waals surface area contributed by atoms with Crippen molar-refractivity contribution in [1.82, 2.24) is 0 Å². The molecule has 3 rings (SSSR count). The lowest BCUT2D eigenvalue weighted by Gasteiger charge is -2.15. The monoisotopic (exact) mass is 418 g/mol. The van der Waals surface area contributed by atoms with Gasteiger partial charge in [0.15, 0.2) is 0 Å². The highest BCUT2D eigenvalue weighted by Crippen LogP contribution is 2.39. The van der Waals surface area contributed by atoms with E-state index in [0.717, 1.165) is 28.7 Å². The van der Waals surface area contributed by atoms with Gasteiger partial charge in [0.1, 0.15) is 4.90 Å². The van der Waals surface area contributed by atoms with Crippen LogP contribution in [0.25, 0.3) is 22.3 Å². The Bertz CT molecular complexity index is 1070. The van der Waals surface area contributed by atoms with E-state index in [2.05, 4.69) is 9.37 Å². The molecule has 2 N–H and O–H groups in total. The molecule has 0 atom stereocenters. The third-order valence-corrected chi connectivity index (χ3v) is 5.78. The van der Waals surface area contributed by atoms with E-state index in [-0.39, 0.29) is 4.90 Å². The number of rotatable bonds is 6. The first-order valence-corrected chi connectivity index (χ1v) is 10.4. The summed E-state index contributed by atoms with van der Waals surface area (Å²) in [5.41, 5.74) is 4.20. The lowest BCUT2D eigenvalue weighted by atomic mass is 9.99. The van der Waals surface area contributed by atoms with Gasteiger partial charge in [-0.05, 0) is 42.7 Å². The average Bonchev–Trinajstić information content (AvgIpc) is 2.66. The van der Waals surface area contributed by atoms with Crippen molar-refractivity contribution in [3.8, 4) is 22.3 Å². The van der Waals surface area contributed by atoms with Crippen molar-refractivity contribution in [2.75, 3.05) is 0 Å². The molecule has 3 aromatic carbocycles. The van der Waals surface area contributed by atoms with E-state index in [1.807, 2.05) is 50.2 Å². The van der Waals surface area contributed by atoms with Gasteiger partial charge in [-0.25, -0.2) is 5.26 Å². The van der Waals surface area contributed by atoms with E-state index >= 15 is 0 Å². The Morgan fingerprint density at radius 3 is 1.79 bits per heavy atom. The van der Waals surface area contributed by atoms with Gasteiger partial charge in [0.05, 0.1) is 12.0 Å². The summed E-state index contributed by atoms with van der Waals surface area (Å²) < 4.78 is 38.7. The zero-order chi connectivity index (χ0) is 20.3. The van der Waals surface area contributed by atoms with E-state index < -0.39 is 10.1 Å². The van der Waals surface area contributed by atoms with Crippen LogP contribution in [0, 0.1) is 13.8 Å². The molecule has 0 aliphatic carbocycles. The van der Waals surface area contributed by atoms with E-state index in [0.29, 0.717) is 21.6 Å². The summed E-state index contributed by atoms with van der Waals surface area (Å²) in [6.45, 7) is 3.86. The quantitative estimate of drug-likeness (QED) is 0.242. The summed E-state index contributed by atoms with van der Waals surface area (Å²) >= 11 is 0.729. The van der Waals surface area contributed by atoms with Gasteiger partial charge in [-0.3, -0.25) is 4.55 Å². The first-order valence-electron chi connectivity index (χ1n) is 8.24. The topological polar surface area (TPSA) is 93.1 Å². The summed E-state index contributed by atoms with van der Waals surface area (Å²) in [6, 6.07) is 17.6. The average molecular weight is 418 g/mol. The Kier molecular flexibility index (Phi) is 6.19. The Labute approximate surface area is 167 Å². The minimum atomic E-state index is -4.50. The van der Waals surface area contributed by atoms with Crippen LogP contribution >= 0.6 is 12.0 Å². The molecular weight excluding hydrogens is 400 g/mol. The third kappa shape index (κ3) is 4.61. The normalized spacial score (nSPS) is 11.6. The van der Waals surface area contributed by atoms with Crippen LogP contribution in [0.3, 0.4) is 0 Å². The van der Waals surface area contributed by atoms with Crippen molar-refractivity contribution in [2.24, 2.45) is 0 Å². The molecule has 28 heavy (non-hydrogen) atoms. The van der Waals surface area contributed by atoms with Crippen molar-refractivity contribution in [2.45, 2.75) is 23.6 Å². The van der Waals surface area contributed by atoms with Crippen LogP contribution in [0.4, 0.5) is 0 Å². The first-order chi connectivity index (χ1) is 13.3. The minimum absolute atomic E-state index is 0.221. The van der Waals surface area contributed by atoms with Crippen LogP contribution < -0.4 is 0 Å². The fraction of sp³-hybridized carbons (Fsp3) is 0.100. The zero-order valence-corrected chi connectivity index (χ0v) is 16.8. The largest absolute Gasteiger partial charge is 0.295 e. The standard InChI is InChI=1S/C20H18O6S2/c1-13-3-7-15(8-4-13)17-12-20(28(22,23)24)18(11-19(17)27-26-25-21)16-9-5-14(2)6-10-16/h3-12,21H,1-2H3,(H,22,23,24). The molecule has 0 radical (unpaired) electrons. The van der Waals surface area contributed by atoms with Crippen LogP contribution in [0.1, 0.15) is 11.1 Å². The van der Waals surface area contributed by atoms with Crippen molar-refractivity contribution < 1.29 is 27.6 Å². The molecule has 146 valence electrons. The summed E-state index contributed by atoms with van der Waals surface area (Å²) in [5, 5.41) is 12.3. The maximum absolute atomic E-state index is 12.1. The molecule has 3 aromatic rings. The molecule has 0 spiro atoms. The maximum Gasteiger partial charge on any atom is 0.295 e. The molecule has 0 amide bonds. The summed E-state index contributed by atoms with van der Waals surface area (Å²) in [4.78, 5) is 0.280. The Hall–Kier alpha value is -2.20. The smallest absolute Gasteiger partial charge is 0.282 e. The zero-order valence-electron chi connectivity index (χ0n) is 15.1. The van der Waals surface area contributed by atoms with Crippen molar-refractivity contribution in [3.63, 3.8) is 0 Å². The van der Waals surface area contributed by atoms with E-state index in [4.69, 9.17) is 5.26 Å². The Morgan fingerprint density at radius 2 is 1.32 bits per heavy atom. The highest BCUT2D eigenvalue weighted by atomic mass is 32.2. The van der Waals surface area contributed by atoms with Crippen LogP contribution in [0.2, 0.25) is 0 Å². The van der Waals surface area contributed by atoms with E-state index in [1.54, 1.807) is 18.2 Å². The summed E-state index contributed by atoms with van der Waals surface area (Å²) in [6.07, 6.45) is 0. The third-order valence-electron chi connectivity index (χ3n) is 4.24. The second-order valence-electron chi connectivity index (χ2n) is 6.28. The molecule has 0 aliphatic heterocycles. The second-order valence-corrected chi connectivity index (χ2v) is 8.41. The number of aryl methyl sites for hydroxylation is 2. The van der Waals surface area contributed by atoms with Gasteiger partial charge < -0.3 is 0 Å². The van der Waals surface area contributed by atoms with E-state index in [9.17, 15) is 13.0 Å². The SMILES string of the molecule is Cc1ccc(-c2cc(S(=O)(=O)O)c(-c3ccc(C)cc3)cc2SOOO)cc1. The molecular formula is C20H18O6S2. The molecule has 0 unspecified atom stereocenters. The van der Waals surface area contributed by atoms with Crippen LogP contribution in [0.15, 0.2) is 70.5 Å². The first kappa shape index (κ1) is 20.5. The predicted octanol–water partition coefficient (Wildman–Crippen LogP) is 5.31. The Morgan fingerprint density at radius 1 is 0.821 bits per heavy atom. The molecule has 0 aromatic heterocycles. The molecule has 0 fully saturated rings. The fourth-order valence-electron chi connectivity index (χ4n) is 2.81. The van der Waals surface area contributed by atoms with Gasteiger partial charge in [0.2, 0.25) is 0 Å². The molecule has 6 nitrogen and oxygen atoms in total. The fourth-order valence-corrected chi connectivity index (χ4v) is 4.07. The maximum atomic E-state index is 12.1. The minimum Gasteiger partial charge on any atom is -0.282 e. The highest BCUT2D eigenvalue weighted by molar-refractivity contribution is 7.94. The van der Waals surface area contributed by atoms with Gasteiger partial charge in [-0.2, -0.15) is 8.42 Å². The van der Waals surface area contributed by atoms with Crippen LogP contribution in [-0.4, -0.2) is 18.2 Å². The summed E-state index contributed by atoms with van der Waals surface area (Å²) in [5.74, 6) is 0. The van der Waals surface area contributed by atoms with Crippen LogP contribution in [-0.2, 0) is 19.5 Å². The van der Waals surface area contributed by atoms with Crippen molar-refractivity contribution in [1.29, 1.82) is 0 Å². The number of hydrogen-bond acceptors (Lipinski definition) is 6. The number of benzene rings is 3. The van der Waals surface area contributed by atoms with Gasteiger partial charge in [0, 0.05) is 10.5 Å². The predicted molar refractivity (Wildman–Crippen MR) is 107 cm³/mol. The molecule has 0 bridgehead atoms. The van der Waals surface area contributed by atoms with Crippen LogP contribution in [0.5, 0.6) is 0 Å². The highest BCUT2D eigenvalue weighted by Gasteiger charge is 2.21. The molecule has 0 saturated heterocycles. The molecule has 0 heterocycles. The summed E-state index contributed by atoms with van der Waals surface area (Å²) in [7, 11) is -4.50. The van der Waals surface area contributed by atoms with Gasteiger partial charge >= 0.3 is 0 Å².